The summed E-state index contributed by atoms with van der Waals surface area (Å²) < 4.78 is 0. The largest absolute Gasteiger partial charge is 0.385 e. The molecular weight excluding hydrogens is 222 g/mol. The van der Waals surface area contributed by atoms with Crippen LogP contribution < -0.4 is 0 Å². The van der Waals surface area contributed by atoms with E-state index in [1.54, 1.807) is 0 Å². The lowest BCUT2D eigenvalue weighted by molar-refractivity contribution is 0.0410. The minimum atomic E-state index is -0.672. The van der Waals surface area contributed by atoms with Crippen LogP contribution in [0.5, 0.6) is 0 Å². The van der Waals surface area contributed by atoms with Gasteiger partial charge in [0.25, 0.3) is 0 Å². The van der Waals surface area contributed by atoms with Crippen LogP contribution in [-0.4, -0.2) is 10.1 Å². The number of rotatable bonds is 2. The van der Waals surface area contributed by atoms with Crippen LogP contribution in [0, 0.1) is 5.92 Å². The summed E-state index contributed by atoms with van der Waals surface area (Å²) in [6, 6.07) is 8.19. The van der Waals surface area contributed by atoms with Gasteiger partial charge < -0.3 is 5.11 Å². The first-order chi connectivity index (χ1) is 8.73. The molecule has 1 heterocycles. The highest BCUT2D eigenvalue weighted by atomic mass is 16.3. The van der Waals surface area contributed by atoms with Crippen molar-refractivity contribution in [1.29, 1.82) is 0 Å². The third kappa shape index (κ3) is 1.81. The van der Waals surface area contributed by atoms with Gasteiger partial charge in [-0.25, -0.2) is 0 Å². The topological polar surface area (TPSA) is 33.1 Å². The number of hydrogen-bond acceptors (Lipinski definition) is 2. The van der Waals surface area contributed by atoms with Crippen LogP contribution in [0.15, 0.2) is 36.7 Å². The summed E-state index contributed by atoms with van der Waals surface area (Å²) >= 11 is 0. The highest BCUT2D eigenvalue weighted by Gasteiger charge is 2.39. The Kier molecular flexibility index (Phi) is 2.83. The Morgan fingerprint density at radius 3 is 2.94 bits per heavy atom. The van der Waals surface area contributed by atoms with E-state index < -0.39 is 5.60 Å². The van der Waals surface area contributed by atoms with E-state index in [-0.39, 0.29) is 0 Å². The van der Waals surface area contributed by atoms with Crippen molar-refractivity contribution in [3.63, 3.8) is 0 Å². The minimum absolute atomic E-state index is 0.647. The van der Waals surface area contributed by atoms with Gasteiger partial charge in [-0.15, -0.1) is 0 Å². The molecule has 0 amide bonds. The Bertz CT molecular complexity index is 561. The molecule has 2 unspecified atom stereocenters. The molecular formula is C16H19NO. The molecule has 0 radical (unpaired) electrons. The average molecular weight is 241 g/mol. The predicted octanol–water partition coefficient (Wildman–Crippen LogP) is 3.63. The van der Waals surface area contributed by atoms with Gasteiger partial charge in [-0.1, -0.05) is 37.6 Å². The fraction of sp³-hybridized carbons (Fsp3) is 0.438. The van der Waals surface area contributed by atoms with Crippen molar-refractivity contribution in [2.45, 2.75) is 38.2 Å². The van der Waals surface area contributed by atoms with Crippen molar-refractivity contribution in [3.05, 3.63) is 42.2 Å². The summed E-state index contributed by atoms with van der Waals surface area (Å²) in [5.41, 5.74) is 0.339. The molecule has 1 saturated carbocycles. The number of pyridine rings is 1. The third-order valence-electron chi connectivity index (χ3n) is 4.34. The first-order valence-electron chi connectivity index (χ1n) is 6.78. The monoisotopic (exact) mass is 241 g/mol. The molecule has 0 saturated heterocycles. The first-order valence-corrected chi connectivity index (χ1v) is 6.78. The second-order valence-corrected chi connectivity index (χ2v) is 5.46. The van der Waals surface area contributed by atoms with Crippen molar-refractivity contribution >= 4 is 10.8 Å². The summed E-state index contributed by atoms with van der Waals surface area (Å²) in [4.78, 5) is 4.29. The second-order valence-electron chi connectivity index (χ2n) is 5.46. The van der Waals surface area contributed by atoms with Crippen LogP contribution in [0.3, 0.4) is 0 Å². The molecule has 2 heteroatoms. The zero-order chi connectivity index (χ0) is 12.6. The van der Waals surface area contributed by atoms with Crippen molar-refractivity contribution in [2.24, 2.45) is 5.92 Å². The Morgan fingerprint density at radius 1 is 1.33 bits per heavy atom. The smallest absolute Gasteiger partial charge is 0.0920 e. The van der Waals surface area contributed by atoms with Gasteiger partial charge >= 0.3 is 0 Å². The molecule has 1 fully saturated rings. The van der Waals surface area contributed by atoms with E-state index in [0.717, 1.165) is 42.0 Å². The van der Waals surface area contributed by atoms with E-state index in [4.69, 9.17) is 0 Å². The maximum absolute atomic E-state index is 10.9. The average Bonchev–Trinajstić information content (AvgIpc) is 2.81. The summed E-state index contributed by atoms with van der Waals surface area (Å²) in [5, 5.41) is 13.2. The second kappa shape index (κ2) is 4.36. The third-order valence-corrected chi connectivity index (χ3v) is 4.34. The van der Waals surface area contributed by atoms with Crippen LogP contribution in [0.25, 0.3) is 10.8 Å². The van der Waals surface area contributed by atoms with Crippen LogP contribution >= 0.6 is 0 Å². The number of aromatic nitrogens is 1. The van der Waals surface area contributed by atoms with Crippen LogP contribution in [-0.2, 0) is 5.60 Å². The van der Waals surface area contributed by atoms with Gasteiger partial charge in [0.2, 0.25) is 0 Å². The molecule has 94 valence electrons. The maximum Gasteiger partial charge on any atom is 0.0920 e. The lowest BCUT2D eigenvalue weighted by Gasteiger charge is -2.24. The Labute approximate surface area is 108 Å². The molecule has 3 rings (SSSR count). The van der Waals surface area contributed by atoms with E-state index in [1.165, 1.54) is 0 Å². The van der Waals surface area contributed by atoms with Gasteiger partial charge in [0.1, 0.15) is 0 Å². The van der Waals surface area contributed by atoms with Gasteiger partial charge in [0.15, 0.2) is 0 Å². The summed E-state index contributed by atoms with van der Waals surface area (Å²) in [5.74, 6) is 0.647. The highest BCUT2D eigenvalue weighted by molar-refractivity contribution is 5.85. The predicted molar refractivity (Wildman–Crippen MR) is 73.3 cm³/mol. The first kappa shape index (κ1) is 11.7. The van der Waals surface area contributed by atoms with Crippen molar-refractivity contribution < 1.29 is 5.11 Å². The lowest BCUT2D eigenvalue weighted by atomic mass is 9.88. The molecule has 2 atom stereocenters. The van der Waals surface area contributed by atoms with Crippen LogP contribution in [0.4, 0.5) is 0 Å². The Hall–Kier alpha value is -1.41. The number of hydrogen-bond donors (Lipinski definition) is 1. The van der Waals surface area contributed by atoms with Crippen LogP contribution in [0.1, 0.15) is 38.2 Å². The molecule has 0 aliphatic heterocycles. The normalized spacial score (nSPS) is 27.8. The molecule has 0 bridgehead atoms. The zero-order valence-electron chi connectivity index (χ0n) is 10.8. The minimum Gasteiger partial charge on any atom is -0.385 e. The molecule has 1 aliphatic rings. The molecule has 1 aromatic carbocycles. The van der Waals surface area contributed by atoms with E-state index in [9.17, 15) is 5.11 Å². The Balaban J connectivity index is 2.09. The van der Waals surface area contributed by atoms with Crippen molar-refractivity contribution in [1.82, 2.24) is 4.98 Å². The van der Waals surface area contributed by atoms with Gasteiger partial charge in [0.05, 0.1) is 5.60 Å². The van der Waals surface area contributed by atoms with E-state index in [2.05, 4.69) is 24.0 Å². The molecule has 1 aliphatic carbocycles. The number of fused-ring (bicyclic) bond motifs is 1. The van der Waals surface area contributed by atoms with Gasteiger partial charge in [-0.2, -0.15) is 0 Å². The SMILES string of the molecule is CCC1CCC(O)(c2cncc3ccccc23)C1. The number of aliphatic hydroxyl groups is 1. The maximum atomic E-state index is 10.9. The van der Waals surface area contributed by atoms with Gasteiger partial charge in [-0.05, 0) is 30.6 Å². The summed E-state index contributed by atoms with van der Waals surface area (Å²) in [7, 11) is 0. The van der Waals surface area contributed by atoms with Gasteiger partial charge in [-0.3, -0.25) is 4.98 Å². The quantitative estimate of drug-likeness (QED) is 0.871. The summed E-state index contributed by atoms with van der Waals surface area (Å²) in [6.07, 6.45) is 7.73. The zero-order valence-corrected chi connectivity index (χ0v) is 10.8. The van der Waals surface area contributed by atoms with Crippen molar-refractivity contribution in [3.8, 4) is 0 Å². The Morgan fingerprint density at radius 2 is 2.17 bits per heavy atom. The molecule has 1 N–H and O–H groups in total. The molecule has 1 aromatic heterocycles. The fourth-order valence-electron chi connectivity index (χ4n) is 3.21. The van der Waals surface area contributed by atoms with E-state index in [0.29, 0.717) is 5.92 Å². The molecule has 2 nitrogen and oxygen atoms in total. The van der Waals surface area contributed by atoms with Gasteiger partial charge in [0, 0.05) is 23.3 Å². The molecule has 2 aromatic rings. The van der Waals surface area contributed by atoms with E-state index >= 15 is 0 Å². The van der Waals surface area contributed by atoms with Crippen LogP contribution in [0.2, 0.25) is 0 Å². The van der Waals surface area contributed by atoms with Crippen molar-refractivity contribution in [2.75, 3.05) is 0 Å². The standard InChI is InChI=1S/C16H19NO/c1-2-12-7-8-16(18,9-12)15-11-17-10-13-5-3-4-6-14(13)15/h3-6,10-12,18H,2,7-9H2,1H3. The number of benzene rings is 1. The lowest BCUT2D eigenvalue weighted by Crippen LogP contribution is -2.22. The van der Waals surface area contributed by atoms with E-state index in [1.807, 2.05) is 24.5 Å². The summed E-state index contributed by atoms with van der Waals surface area (Å²) in [6.45, 7) is 2.21. The molecule has 0 spiro atoms. The fourth-order valence-corrected chi connectivity index (χ4v) is 3.21. The molecule has 18 heavy (non-hydrogen) atoms. The number of nitrogens with zero attached hydrogens (tertiary/aromatic N) is 1. The highest BCUT2D eigenvalue weighted by Crippen LogP contribution is 2.44.